The molecule has 0 saturated heterocycles. The second-order valence-corrected chi connectivity index (χ2v) is 3.00. The van der Waals surface area contributed by atoms with E-state index in [2.05, 4.69) is 0 Å². The van der Waals surface area contributed by atoms with Crippen LogP contribution in [0.15, 0.2) is 24.3 Å². The van der Waals surface area contributed by atoms with E-state index in [1.807, 2.05) is 17.6 Å². The van der Waals surface area contributed by atoms with Gasteiger partial charge in [0.1, 0.15) is 5.75 Å². The minimum Gasteiger partial charge on any atom is -0.491 e. The van der Waals surface area contributed by atoms with Gasteiger partial charge in [-0.05, 0) is 12.1 Å². The van der Waals surface area contributed by atoms with Gasteiger partial charge in [-0.1, -0.05) is 23.7 Å². The molecule has 3 N–H and O–H groups in total. The van der Waals surface area contributed by atoms with Gasteiger partial charge in [0.2, 0.25) is 5.91 Å². The third-order valence-electron chi connectivity index (χ3n) is 1.58. The molecular weight excluding hydrogens is 204 g/mol. The quantitative estimate of drug-likeness (QED) is 0.448. The third kappa shape index (κ3) is 3.24. The molecule has 5 heteroatoms. The Hall–Kier alpha value is -1.26. The van der Waals surface area contributed by atoms with Gasteiger partial charge in [-0.25, -0.2) is 5.84 Å². The fourth-order valence-electron chi connectivity index (χ4n) is 0.888. The second-order valence-electron chi connectivity index (χ2n) is 2.60. The largest absolute Gasteiger partial charge is 0.491 e. The number of carbonyl (C=O) groups is 1. The molecule has 1 amide bonds. The van der Waals surface area contributed by atoms with E-state index in [-0.39, 0.29) is 18.9 Å². The average molecular weight is 215 g/mol. The highest BCUT2D eigenvalue weighted by Crippen LogP contribution is 2.22. The van der Waals surface area contributed by atoms with Crippen LogP contribution >= 0.6 is 11.6 Å². The van der Waals surface area contributed by atoms with E-state index < -0.39 is 0 Å². The molecule has 14 heavy (non-hydrogen) atoms. The number of para-hydroxylation sites is 1. The highest BCUT2D eigenvalue weighted by Gasteiger charge is 2.01. The molecule has 1 aromatic carbocycles. The Labute approximate surface area is 87.0 Å². The molecule has 1 rings (SSSR count). The first-order valence-corrected chi connectivity index (χ1v) is 4.48. The van der Waals surface area contributed by atoms with Crippen molar-refractivity contribution in [2.45, 2.75) is 6.42 Å². The summed E-state index contributed by atoms with van der Waals surface area (Å²) in [7, 11) is 0. The molecule has 0 radical (unpaired) electrons. The molecule has 0 fully saturated rings. The van der Waals surface area contributed by atoms with Gasteiger partial charge in [0, 0.05) is 0 Å². The molecular formula is C9H11ClN2O2. The van der Waals surface area contributed by atoms with Crippen LogP contribution in [0, 0.1) is 0 Å². The molecule has 0 aliphatic heterocycles. The molecule has 0 atom stereocenters. The summed E-state index contributed by atoms with van der Waals surface area (Å²) < 4.78 is 5.26. The van der Waals surface area contributed by atoms with Crippen molar-refractivity contribution >= 4 is 17.5 Å². The van der Waals surface area contributed by atoms with Crippen molar-refractivity contribution in [3.8, 4) is 5.75 Å². The molecule has 0 aliphatic carbocycles. The summed E-state index contributed by atoms with van der Waals surface area (Å²) >= 11 is 5.82. The zero-order valence-corrected chi connectivity index (χ0v) is 8.25. The van der Waals surface area contributed by atoms with Crippen molar-refractivity contribution in [2.24, 2.45) is 5.84 Å². The molecule has 0 aromatic heterocycles. The maximum absolute atomic E-state index is 10.7. The lowest BCUT2D eigenvalue weighted by Gasteiger charge is -2.06. The van der Waals surface area contributed by atoms with Crippen LogP contribution in [0.2, 0.25) is 5.02 Å². The normalized spacial score (nSPS) is 9.57. The Morgan fingerprint density at radius 1 is 1.50 bits per heavy atom. The molecule has 0 saturated carbocycles. The van der Waals surface area contributed by atoms with Crippen LogP contribution in [0.1, 0.15) is 6.42 Å². The summed E-state index contributed by atoms with van der Waals surface area (Å²) in [4.78, 5) is 10.7. The lowest BCUT2D eigenvalue weighted by atomic mass is 10.3. The fourth-order valence-corrected chi connectivity index (χ4v) is 1.08. The van der Waals surface area contributed by atoms with E-state index in [1.165, 1.54) is 0 Å². The summed E-state index contributed by atoms with van der Waals surface area (Å²) in [5, 5.41) is 0.528. The van der Waals surface area contributed by atoms with Gasteiger partial charge in [0.05, 0.1) is 18.1 Å². The first-order chi connectivity index (χ1) is 6.74. The molecule has 76 valence electrons. The highest BCUT2D eigenvalue weighted by molar-refractivity contribution is 6.32. The maximum atomic E-state index is 10.7. The number of nitrogens with two attached hydrogens (primary N) is 1. The van der Waals surface area contributed by atoms with Gasteiger partial charge in [-0.2, -0.15) is 0 Å². The van der Waals surface area contributed by atoms with Gasteiger partial charge in [0.25, 0.3) is 0 Å². The van der Waals surface area contributed by atoms with E-state index in [0.29, 0.717) is 10.8 Å². The summed E-state index contributed by atoms with van der Waals surface area (Å²) in [6, 6.07) is 7.08. The van der Waals surface area contributed by atoms with Crippen LogP contribution in [0.25, 0.3) is 0 Å². The van der Waals surface area contributed by atoms with Crippen LogP contribution in [0.4, 0.5) is 0 Å². The molecule has 0 bridgehead atoms. The van der Waals surface area contributed by atoms with Crippen molar-refractivity contribution in [3.63, 3.8) is 0 Å². The van der Waals surface area contributed by atoms with Crippen LogP contribution in [0.3, 0.4) is 0 Å². The lowest BCUT2D eigenvalue weighted by molar-refractivity contribution is -0.121. The number of hydrogen-bond acceptors (Lipinski definition) is 3. The molecule has 0 unspecified atom stereocenters. The van der Waals surface area contributed by atoms with E-state index in [4.69, 9.17) is 22.2 Å². The zero-order valence-electron chi connectivity index (χ0n) is 7.50. The molecule has 1 aromatic rings. The smallest absolute Gasteiger partial charge is 0.237 e. The van der Waals surface area contributed by atoms with Crippen molar-refractivity contribution < 1.29 is 9.53 Å². The van der Waals surface area contributed by atoms with Crippen molar-refractivity contribution in [1.29, 1.82) is 0 Å². The summed E-state index contributed by atoms with van der Waals surface area (Å²) in [6.45, 7) is 0.257. The van der Waals surface area contributed by atoms with Crippen LogP contribution < -0.4 is 16.0 Å². The standard InChI is InChI=1S/C9H11ClN2O2/c10-7-3-1-2-4-8(7)14-6-5-9(13)12-11/h1-4H,5-6,11H2,(H,12,13). The molecule has 0 spiro atoms. The van der Waals surface area contributed by atoms with E-state index in [0.717, 1.165) is 0 Å². The Morgan fingerprint density at radius 2 is 2.21 bits per heavy atom. The lowest BCUT2D eigenvalue weighted by Crippen LogP contribution is -2.31. The number of halogens is 1. The third-order valence-corrected chi connectivity index (χ3v) is 1.90. The Balaban J connectivity index is 2.39. The number of amides is 1. The van der Waals surface area contributed by atoms with Gasteiger partial charge in [0.15, 0.2) is 0 Å². The van der Waals surface area contributed by atoms with Crippen molar-refractivity contribution in [3.05, 3.63) is 29.3 Å². The Bertz CT molecular complexity index is 317. The molecule has 0 heterocycles. The monoisotopic (exact) mass is 214 g/mol. The first kappa shape index (κ1) is 10.8. The number of benzene rings is 1. The predicted molar refractivity (Wildman–Crippen MR) is 53.9 cm³/mol. The molecule has 4 nitrogen and oxygen atoms in total. The number of hydrazine groups is 1. The average Bonchev–Trinajstić information content (AvgIpc) is 2.20. The summed E-state index contributed by atoms with van der Waals surface area (Å²) in [6.07, 6.45) is 0.210. The summed E-state index contributed by atoms with van der Waals surface area (Å²) in [5.74, 6) is 5.20. The van der Waals surface area contributed by atoms with Crippen LogP contribution in [0.5, 0.6) is 5.75 Å². The number of ether oxygens (including phenoxy) is 1. The minimum absolute atomic E-state index is 0.210. The first-order valence-electron chi connectivity index (χ1n) is 4.11. The van der Waals surface area contributed by atoms with Gasteiger partial charge < -0.3 is 4.74 Å². The van der Waals surface area contributed by atoms with E-state index >= 15 is 0 Å². The van der Waals surface area contributed by atoms with Gasteiger partial charge in [-0.3, -0.25) is 10.2 Å². The second kappa shape index (κ2) is 5.47. The highest BCUT2D eigenvalue weighted by atomic mass is 35.5. The van der Waals surface area contributed by atoms with Crippen molar-refractivity contribution in [1.82, 2.24) is 5.43 Å². The number of hydrogen-bond donors (Lipinski definition) is 2. The Kier molecular flexibility index (Phi) is 4.22. The fraction of sp³-hybridized carbons (Fsp3) is 0.222. The van der Waals surface area contributed by atoms with Crippen molar-refractivity contribution in [2.75, 3.05) is 6.61 Å². The van der Waals surface area contributed by atoms with Gasteiger partial charge in [-0.15, -0.1) is 0 Å². The number of nitrogens with one attached hydrogen (secondary N) is 1. The topological polar surface area (TPSA) is 64.3 Å². The number of carbonyl (C=O) groups excluding carboxylic acids is 1. The SMILES string of the molecule is NNC(=O)CCOc1ccccc1Cl. The minimum atomic E-state index is -0.267. The predicted octanol–water partition coefficient (Wildman–Crippen LogP) is 1.10. The zero-order chi connectivity index (χ0) is 10.4. The van der Waals surface area contributed by atoms with E-state index in [9.17, 15) is 4.79 Å². The van der Waals surface area contributed by atoms with Crippen LogP contribution in [-0.4, -0.2) is 12.5 Å². The molecule has 0 aliphatic rings. The number of rotatable bonds is 4. The maximum Gasteiger partial charge on any atom is 0.237 e. The Morgan fingerprint density at radius 3 is 2.86 bits per heavy atom. The van der Waals surface area contributed by atoms with Gasteiger partial charge >= 0.3 is 0 Å². The van der Waals surface area contributed by atoms with E-state index in [1.54, 1.807) is 12.1 Å². The van der Waals surface area contributed by atoms with Crippen LogP contribution in [-0.2, 0) is 4.79 Å². The summed E-state index contributed by atoms with van der Waals surface area (Å²) in [5.41, 5.74) is 2.01.